The number of non-ortho nitro benzene ring substituents is 1. The molecular formula is C13H16N2O4. The molecule has 1 aromatic carbocycles. The summed E-state index contributed by atoms with van der Waals surface area (Å²) in [6.07, 6.45) is 1.61. The predicted molar refractivity (Wildman–Crippen MR) is 68.5 cm³/mol. The van der Waals surface area contributed by atoms with E-state index < -0.39 is 4.92 Å². The van der Waals surface area contributed by atoms with Crippen molar-refractivity contribution in [2.24, 2.45) is 5.92 Å². The maximum absolute atomic E-state index is 11.8. The Morgan fingerprint density at radius 1 is 1.32 bits per heavy atom. The lowest BCUT2D eigenvalue weighted by Crippen LogP contribution is -2.32. The van der Waals surface area contributed by atoms with Gasteiger partial charge >= 0.3 is 5.97 Å². The van der Waals surface area contributed by atoms with E-state index in [1.54, 1.807) is 12.1 Å². The number of nitro groups is 1. The van der Waals surface area contributed by atoms with E-state index in [0.717, 1.165) is 31.5 Å². The van der Waals surface area contributed by atoms with Crippen LogP contribution in [-0.2, 0) is 16.1 Å². The van der Waals surface area contributed by atoms with Crippen LogP contribution in [0.5, 0.6) is 0 Å². The molecule has 0 unspecified atom stereocenters. The number of nitro benzene ring substituents is 1. The Morgan fingerprint density at radius 2 is 1.95 bits per heavy atom. The summed E-state index contributed by atoms with van der Waals surface area (Å²) in [5.41, 5.74) is 0.793. The van der Waals surface area contributed by atoms with Gasteiger partial charge in [-0.3, -0.25) is 14.9 Å². The molecule has 6 heteroatoms. The molecule has 0 radical (unpaired) electrons. The van der Waals surface area contributed by atoms with Gasteiger partial charge in [0.25, 0.3) is 5.69 Å². The fraction of sp³-hybridized carbons (Fsp3) is 0.462. The van der Waals surface area contributed by atoms with E-state index in [-0.39, 0.29) is 24.2 Å². The first-order valence-electron chi connectivity index (χ1n) is 6.27. The third kappa shape index (κ3) is 3.75. The minimum atomic E-state index is -0.454. The third-order valence-corrected chi connectivity index (χ3v) is 3.20. The Morgan fingerprint density at radius 3 is 2.53 bits per heavy atom. The maximum atomic E-state index is 11.8. The van der Waals surface area contributed by atoms with Crippen LogP contribution in [0.15, 0.2) is 24.3 Å². The molecule has 0 bridgehead atoms. The first kappa shape index (κ1) is 13.5. The first-order chi connectivity index (χ1) is 9.16. The minimum absolute atomic E-state index is 0.0284. The molecule has 1 aliphatic heterocycles. The summed E-state index contributed by atoms with van der Waals surface area (Å²) in [6.45, 7) is 1.86. The second kappa shape index (κ2) is 6.29. The average molecular weight is 264 g/mol. The van der Waals surface area contributed by atoms with Gasteiger partial charge in [0.15, 0.2) is 0 Å². The van der Waals surface area contributed by atoms with Crippen LogP contribution in [0.3, 0.4) is 0 Å². The number of hydrogen-bond acceptors (Lipinski definition) is 5. The van der Waals surface area contributed by atoms with Crippen molar-refractivity contribution < 1.29 is 14.5 Å². The fourth-order valence-corrected chi connectivity index (χ4v) is 2.04. The average Bonchev–Trinajstić information content (AvgIpc) is 2.46. The summed E-state index contributed by atoms with van der Waals surface area (Å²) in [7, 11) is 0. The number of ether oxygens (including phenoxy) is 1. The Balaban J connectivity index is 1.84. The lowest BCUT2D eigenvalue weighted by Gasteiger charge is -2.20. The molecule has 1 fully saturated rings. The molecule has 1 N–H and O–H groups in total. The highest BCUT2D eigenvalue weighted by atomic mass is 16.6. The van der Waals surface area contributed by atoms with Crippen LogP contribution in [0.1, 0.15) is 18.4 Å². The van der Waals surface area contributed by atoms with Gasteiger partial charge in [-0.1, -0.05) is 0 Å². The summed E-state index contributed by atoms with van der Waals surface area (Å²) >= 11 is 0. The number of piperidine rings is 1. The molecule has 0 amide bonds. The third-order valence-electron chi connectivity index (χ3n) is 3.20. The van der Waals surface area contributed by atoms with Gasteiger partial charge in [0.1, 0.15) is 6.61 Å². The van der Waals surface area contributed by atoms with Crippen molar-refractivity contribution in [3.8, 4) is 0 Å². The van der Waals surface area contributed by atoms with Gasteiger partial charge in [-0.05, 0) is 43.6 Å². The number of esters is 1. The normalized spacial score (nSPS) is 16.0. The first-order valence-corrected chi connectivity index (χ1v) is 6.27. The predicted octanol–water partition coefficient (Wildman–Crippen LogP) is 1.64. The summed E-state index contributed by atoms with van der Waals surface area (Å²) in [5, 5.41) is 13.7. The second-order valence-corrected chi connectivity index (χ2v) is 4.56. The molecule has 1 saturated heterocycles. The molecule has 1 aromatic rings. The molecule has 0 saturated carbocycles. The van der Waals surface area contributed by atoms with Crippen molar-refractivity contribution >= 4 is 11.7 Å². The second-order valence-electron chi connectivity index (χ2n) is 4.56. The fourth-order valence-electron chi connectivity index (χ4n) is 2.04. The van der Waals surface area contributed by atoms with Gasteiger partial charge in [0.2, 0.25) is 0 Å². The topological polar surface area (TPSA) is 81.5 Å². The molecule has 1 aliphatic rings. The highest BCUT2D eigenvalue weighted by molar-refractivity contribution is 5.72. The zero-order valence-electron chi connectivity index (χ0n) is 10.5. The molecule has 102 valence electrons. The SMILES string of the molecule is O=C(OCc1ccc([N+](=O)[O-])cc1)C1CCNCC1. The Bertz CT molecular complexity index is 452. The molecule has 2 rings (SSSR count). The van der Waals surface area contributed by atoms with E-state index in [2.05, 4.69) is 5.32 Å². The zero-order chi connectivity index (χ0) is 13.7. The largest absolute Gasteiger partial charge is 0.461 e. The van der Waals surface area contributed by atoms with Crippen LogP contribution in [0.25, 0.3) is 0 Å². The van der Waals surface area contributed by atoms with Crippen molar-refractivity contribution in [3.05, 3.63) is 39.9 Å². The van der Waals surface area contributed by atoms with Crippen LogP contribution in [-0.4, -0.2) is 24.0 Å². The number of carbonyl (C=O) groups is 1. The van der Waals surface area contributed by atoms with Crippen molar-refractivity contribution in [3.63, 3.8) is 0 Å². The van der Waals surface area contributed by atoms with E-state index in [4.69, 9.17) is 4.74 Å². The van der Waals surface area contributed by atoms with Gasteiger partial charge in [-0.25, -0.2) is 0 Å². The highest BCUT2D eigenvalue weighted by Gasteiger charge is 2.22. The molecule has 0 spiro atoms. The van der Waals surface area contributed by atoms with Gasteiger partial charge in [0, 0.05) is 12.1 Å². The van der Waals surface area contributed by atoms with E-state index >= 15 is 0 Å². The lowest BCUT2D eigenvalue weighted by molar-refractivity contribution is -0.384. The summed E-state index contributed by atoms with van der Waals surface area (Å²) in [6, 6.07) is 6.03. The number of rotatable bonds is 4. The summed E-state index contributed by atoms with van der Waals surface area (Å²) in [4.78, 5) is 21.8. The Labute approximate surface area is 110 Å². The monoisotopic (exact) mass is 264 g/mol. The van der Waals surface area contributed by atoms with Gasteiger partial charge in [-0.15, -0.1) is 0 Å². The van der Waals surface area contributed by atoms with Crippen LogP contribution in [0.2, 0.25) is 0 Å². The van der Waals surface area contributed by atoms with E-state index in [9.17, 15) is 14.9 Å². The number of hydrogen-bond donors (Lipinski definition) is 1. The summed E-state index contributed by atoms with van der Waals surface area (Å²) < 4.78 is 5.23. The van der Waals surface area contributed by atoms with E-state index in [1.807, 2.05) is 0 Å². The van der Waals surface area contributed by atoms with Crippen molar-refractivity contribution in [2.45, 2.75) is 19.4 Å². The smallest absolute Gasteiger partial charge is 0.309 e. The zero-order valence-corrected chi connectivity index (χ0v) is 10.5. The maximum Gasteiger partial charge on any atom is 0.309 e. The van der Waals surface area contributed by atoms with Gasteiger partial charge in [-0.2, -0.15) is 0 Å². The quantitative estimate of drug-likeness (QED) is 0.508. The van der Waals surface area contributed by atoms with Gasteiger partial charge < -0.3 is 10.1 Å². The lowest BCUT2D eigenvalue weighted by atomic mass is 9.98. The number of benzene rings is 1. The van der Waals surface area contributed by atoms with E-state index in [0.29, 0.717) is 0 Å². The van der Waals surface area contributed by atoms with Crippen LogP contribution in [0, 0.1) is 16.0 Å². The number of carbonyl (C=O) groups excluding carboxylic acids is 1. The van der Waals surface area contributed by atoms with Crippen LogP contribution >= 0.6 is 0 Å². The Kier molecular flexibility index (Phi) is 4.46. The molecular weight excluding hydrogens is 248 g/mol. The number of nitrogens with one attached hydrogen (secondary N) is 1. The van der Waals surface area contributed by atoms with Crippen molar-refractivity contribution in [2.75, 3.05) is 13.1 Å². The van der Waals surface area contributed by atoms with Gasteiger partial charge in [0.05, 0.1) is 10.8 Å². The standard InChI is InChI=1S/C13H16N2O4/c16-13(11-5-7-14-8-6-11)19-9-10-1-3-12(4-2-10)15(17)18/h1-4,11,14H,5-9H2. The number of nitrogens with zero attached hydrogens (tertiary/aromatic N) is 1. The Hall–Kier alpha value is -1.95. The van der Waals surface area contributed by atoms with Crippen LogP contribution < -0.4 is 5.32 Å². The van der Waals surface area contributed by atoms with E-state index in [1.165, 1.54) is 12.1 Å². The minimum Gasteiger partial charge on any atom is -0.461 e. The van der Waals surface area contributed by atoms with Crippen LogP contribution in [0.4, 0.5) is 5.69 Å². The highest BCUT2D eigenvalue weighted by Crippen LogP contribution is 2.16. The molecule has 6 nitrogen and oxygen atoms in total. The molecule has 0 aliphatic carbocycles. The summed E-state index contributed by atoms with van der Waals surface area (Å²) in [5.74, 6) is -0.209. The van der Waals surface area contributed by atoms with Crippen molar-refractivity contribution in [1.29, 1.82) is 0 Å². The molecule has 0 atom stereocenters. The molecule has 1 heterocycles. The molecule has 0 aromatic heterocycles. The molecule has 19 heavy (non-hydrogen) atoms. The van der Waals surface area contributed by atoms with Crippen molar-refractivity contribution in [1.82, 2.24) is 5.32 Å².